The van der Waals surface area contributed by atoms with E-state index in [-0.39, 0.29) is 11.8 Å². The molecule has 2 rings (SSSR count). The maximum absolute atomic E-state index is 12.6. The molecular formula is C14H19BrN2O2S. The highest BCUT2D eigenvalue weighted by molar-refractivity contribution is 9.10. The van der Waals surface area contributed by atoms with Crippen molar-refractivity contribution in [3.63, 3.8) is 0 Å². The summed E-state index contributed by atoms with van der Waals surface area (Å²) < 4.78 is 1.01. The summed E-state index contributed by atoms with van der Waals surface area (Å²) >= 11 is 5.02. The molecule has 1 saturated heterocycles. The topological polar surface area (TPSA) is 49.4 Å². The van der Waals surface area contributed by atoms with Gasteiger partial charge in [-0.15, -0.1) is 11.3 Å². The maximum Gasteiger partial charge on any atom is 0.246 e. The summed E-state index contributed by atoms with van der Waals surface area (Å²) in [6.45, 7) is 6.19. The molecule has 1 aromatic heterocycles. The van der Waals surface area contributed by atoms with Crippen LogP contribution in [0.15, 0.2) is 15.9 Å². The van der Waals surface area contributed by atoms with Crippen molar-refractivity contribution in [1.29, 1.82) is 0 Å². The SMILES string of the molecule is CCC1NC(=O)C(C)(CC)N(Cc2cc(Br)cs2)C1=O. The number of halogens is 1. The first-order chi connectivity index (χ1) is 9.42. The van der Waals surface area contributed by atoms with Gasteiger partial charge >= 0.3 is 0 Å². The van der Waals surface area contributed by atoms with E-state index in [0.717, 1.165) is 9.35 Å². The van der Waals surface area contributed by atoms with Gasteiger partial charge in [-0.3, -0.25) is 9.59 Å². The molecule has 2 atom stereocenters. The molecule has 1 aliphatic rings. The molecule has 110 valence electrons. The monoisotopic (exact) mass is 358 g/mol. The van der Waals surface area contributed by atoms with Crippen molar-refractivity contribution in [2.45, 2.75) is 51.7 Å². The van der Waals surface area contributed by atoms with E-state index in [2.05, 4.69) is 21.2 Å². The molecule has 0 spiro atoms. The van der Waals surface area contributed by atoms with Crippen LogP contribution >= 0.6 is 27.3 Å². The Kier molecular flexibility index (Phi) is 4.54. The summed E-state index contributed by atoms with van der Waals surface area (Å²) in [7, 11) is 0. The zero-order valence-corrected chi connectivity index (χ0v) is 14.3. The Hall–Kier alpha value is -0.880. The minimum atomic E-state index is -0.765. The number of nitrogens with zero attached hydrogens (tertiary/aromatic N) is 1. The second-order valence-electron chi connectivity index (χ2n) is 5.22. The fourth-order valence-corrected chi connectivity index (χ4v) is 3.84. The molecule has 0 bridgehead atoms. The number of nitrogens with one attached hydrogen (secondary N) is 1. The summed E-state index contributed by atoms with van der Waals surface area (Å²) in [5, 5.41) is 4.83. The lowest BCUT2D eigenvalue weighted by molar-refractivity contribution is -0.157. The lowest BCUT2D eigenvalue weighted by Crippen LogP contribution is -2.68. The van der Waals surface area contributed by atoms with Crippen molar-refractivity contribution in [3.8, 4) is 0 Å². The molecule has 20 heavy (non-hydrogen) atoms. The van der Waals surface area contributed by atoms with Gasteiger partial charge in [0.2, 0.25) is 11.8 Å². The van der Waals surface area contributed by atoms with E-state index in [1.165, 1.54) is 0 Å². The van der Waals surface area contributed by atoms with E-state index in [9.17, 15) is 9.59 Å². The van der Waals surface area contributed by atoms with Crippen molar-refractivity contribution in [2.75, 3.05) is 0 Å². The van der Waals surface area contributed by atoms with Crippen LogP contribution in [0.3, 0.4) is 0 Å². The van der Waals surface area contributed by atoms with Crippen LogP contribution in [0.1, 0.15) is 38.5 Å². The standard InChI is InChI=1S/C14H19BrN2O2S/c1-4-11-12(18)17(7-10-6-9(15)8-20-10)14(3,5-2)13(19)16-11/h6,8,11H,4-5,7H2,1-3H3,(H,16,19). The van der Waals surface area contributed by atoms with E-state index < -0.39 is 11.6 Å². The van der Waals surface area contributed by atoms with E-state index in [4.69, 9.17) is 0 Å². The minimum Gasteiger partial charge on any atom is -0.342 e. The second kappa shape index (κ2) is 5.85. The Bertz CT molecular complexity index is 531. The van der Waals surface area contributed by atoms with Crippen LogP contribution in [-0.4, -0.2) is 28.3 Å². The molecule has 0 aliphatic carbocycles. The Morgan fingerprint density at radius 2 is 2.15 bits per heavy atom. The third kappa shape index (κ3) is 2.63. The summed E-state index contributed by atoms with van der Waals surface area (Å²) in [4.78, 5) is 27.8. The highest BCUT2D eigenvalue weighted by Crippen LogP contribution is 2.30. The summed E-state index contributed by atoms with van der Waals surface area (Å²) in [5.41, 5.74) is -0.765. The Morgan fingerprint density at radius 3 is 2.65 bits per heavy atom. The van der Waals surface area contributed by atoms with Crippen LogP contribution in [0.2, 0.25) is 0 Å². The van der Waals surface area contributed by atoms with E-state index >= 15 is 0 Å². The predicted molar refractivity (Wildman–Crippen MR) is 83.5 cm³/mol. The number of carbonyl (C=O) groups is 2. The van der Waals surface area contributed by atoms with Gasteiger partial charge in [0.15, 0.2) is 0 Å². The Labute approximate surface area is 131 Å². The largest absolute Gasteiger partial charge is 0.342 e. The van der Waals surface area contributed by atoms with Crippen molar-refractivity contribution in [3.05, 3.63) is 20.8 Å². The van der Waals surface area contributed by atoms with E-state index in [1.807, 2.05) is 32.2 Å². The van der Waals surface area contributed by atoms with Crippen LogP contribution < -0.4 is 5.32 Å². The van der Waals surface area contributed by atoms with Crippen LogP contribution in [0, 0.1) is 0 Å². The van der Waals surface area contributed by atoms with Crippen LogP contribution in [0.25, 0.3) is 0 Å². The van der Waals surface area contributed by atoms with Crippen molar-refractivity contribution in [1.82, 2.24) is 10.2 Å². The number of carbonyl (C=O) groups excluding carboxylic acids is 2. The van der Waals surface area contributed by atoms with Crippen LogP contribution in [-0.2, 0) is 16.1 Å². The highest BCUT2D eigenvalue weighted by atomic mass is 79.9. The smallest absolute Gasteiger partial charge is 0.246 e. The van der Waals surface area contributed by atoms with Crippen LogP contribution in [0.4, 0.5) is 0 Å². The Morgan fingerprint density at radius 1 is 1.45 bits per heavy atom. The number of hydrogen-bond acceptors (Lipinski definition) is 3. The molecule has 1 N–H and O–H groups in total. The van der Waals surface area contributed by atoms with Gasteiger partial charge in [-0.1, -0.05) is 13.8 Å². The van der Waals surface area contributed by atoms with Crippen molar-refractivity contribution < 1.29 is 9.59 Å². The van der Waals surface area contributed by atoms with Gasteiger partial charge in [-0.25, -0.2) is 0 Å². The molecule has 1 aromatic rings. The quantitative estimate of drug-likeness (QED) is 0.899. The van der Waals surface area contributed by atoms with Gasteiger partial charge in [-0.05, 0) is 41.8 Å². The predicted octanol–water partition coefficient (Wildman–Crippen LogP) is 2.92. The van der Waals surface area contributed by atoms with Gasteiger partial charge in [-0.2, -0.15) is 0 Å². The first kappa shape index (κ1) is 15.5. The maximum atomic E-state index is 12.6. The average molecular weight is 359 g/mol. The molecular weight excluding hydrogens is 340 g/mol. The van der Waals surface area contributed by atoms with Gasteiger partial charge < -0.3 is 10.2 Å². The third-order valence-corrected chi connectivity index (χ3v) is 5.67. The molecule has 6 heteroatoms. The second-order valence-corrected chi connectivity index (χ2v) is 7.13. The lowest BCUT2D eigenvalue weighted by Gasteiger charge is -2.45. The molecule has 2 heterocycles. The van der Waals surface area contributed by atoms with Gasteiger partial charge in [0.05, 0.1) is 6.54 Å². The van der Waals surface area contributed by atoms with Crippen LogP contribution in [0.5, 0.6) is 0 Å². The number of piperazine rings is 1. The zero-order valence-electron chi connectivity index (χ0n) is 11.9. The highest BCUT2D eigenvalue weighted by Gasteiger charge is 2.47. The molecule has 0 radical (unpaired) electrons. The molecule has 2 unspecified atom stereocenters. The van der Waals surface area contributed by atoms with E-state index in [0.29, 0.717) is 19.4 Å². The van der Waals surface area contributed by atoms with Crippen molar-refractivity contribution in [2.24, 2.45) is 0 Å². The third-order valence-electron chi connectivity index (χ3n) is 3.99. The van der Waals surface area contributed by atoms with Gasteiger partial charge in [0.25, 0.3) is 0 Å². The normalized spacial score (nSPS) is 26.8. The number of hydrogen-bond donors (Lipinski definition) is 1. The molecule has 0 saturated carbocycles. The molecule has 4 nitrogen and oxygen atoms in total. The summed E-state index contributed by atoms with van der Waals surface area (Å²) in [6, 6.07) is 1.60. The molecule has 1 fully saturated rings. The first-order valence-electron chi connectivity index (χ1n) is 6.77. The van der Waals surface area contributed by atoms with Crippen molar-refractivity contribution >= 4 is 39.1 Å². The lowest BCUT2D eigenvalue weighted by atomic mass is 9.90. The number of rotatable bonds is 4. The zero-order chi connectivity index (χ0) is 14.9. The number of thiophene rings is 1. The number of amides is 2. The first-order valence-corrected chi connectivity index (χ1v) is 8.45. The van der Waals surface area contributed by atoms with Gasteiger partial charge in [0.1, 0.15) is 11.6 Å². The van der Waals surface area contributed by atoms with E-state index in [1.54, 1.807) is 16.2 Å². The molecule has 0 aromatic carbocycles. The van der Waals surface area contributed by atoms with Gasteiger partial charge in [0, 0.05) is 14.7 Å². The fourth-order valence-electron chi connectivity index (χ4n) is 2.40. The average Bonchev–Trinajstić information content (AvgIpc) is 2.84. The minimum absolute atomic E-state index is 0.0148. The Balaban J connectivity index is 2.32. The molecule has 1 aliphatic heterocycles. The summed E-state index contributed by atoms with van der Waals surface area (Å²) in [6.07, 6.45) is 1.22. The molecule has 2 amide bonds. The fraction of sp³-hybridized carbons (Fsp3) is 0.571. The summed E-state index contributed by atoms with van der Waals surface area (Å²) in [5.74, 6) is -0.0388.